The molecule has 0 rings (SSSR count). The molecule has 0 spiro atoms. The molecule has 0 saturated heterocycles. The second-order valence-electron chi connectivity index (χ2n) is 3.32. The zero-order chi connectivity index (χ0) is 15.7. The van der Waals surface area contributed by atoms with Gasteiger partial charge >= 0.3 is 23.9 Å². The predicted octanol–water partition coefficient (Wildman–Crippen LogP) is -0.860. The van der Waals surface area contributed by atoms with E-state index in [1.54, 1.807) is 0 Å². The molecule has 0 bridgehead atoms. The topological polar surface area (TPSA) is 156 Å². The van der Waals surface area contributed by atoms with Gasteiger partial charge in [0.1, 0.15) is 26.2 Å². The molecule has 0 atom stereocenters. The minimum Gasteiger partial charge on any atom is -0.480 e. The lowest BCUT2D eigenvalue weighted by Crippen LogP contribution is -2.31. The van der Waals surface area contributed by atoms with E-state index in [9.17, 15) is 19.2 Å². The summed E-state index contributed by atoms with van der Waals surface area (Å²) < 4.78 is 1.90. The summed E-state index contributed by atoms with van der Waals surface area (Å²) in [4.78, 5) is 42.1. The van der Waals surface area contributed by atoms with Crippen molar-refractivity contribution in [1.29, 1.82) is 0 Å². The molecular weight excluding hydrogens is 316 g/mol. The minimum absolute atomic E-state index is 0.585. The molecule has 0 saturated carbocycles. The van der Waals surface area contributed by atoms with Crippen LogP contribution in [0.4, 0.5) is 0 Å². The van der Waals surface area contributed by atoms with Crippen LogP contribution in [0.2, 0.25) is 0 Å². The average Bonchev–Trinajstić information content (AvgIpc) is 2.22. The van der Waals surface area contributed by atoms with E-state index >= 15 is 0 Å². The van der Waals surface area contributed by atoms with Crippen LogP contribution in [0.25, 0.3) is 0 Å². The number of carbonyl (C=O) groups is 4. The molecule has 0 unspecified atom stereocenters. The molecule has 12 heteroatoms. The van der Waals surface area contributed by atoms with E-state index in [1.807, 2.05) is 0 Å². The molecule has 20 heavy (non-hydrogen) atoms. The maximum atomic E-state index is 10.5. The van der Waals surface area contributed by atoms with Crippen molar-refractivity contribution in [3.8, 4) is 0 Å². The molecule has 0 fully saturated rings. The maximum Gasteiger partial charge on any atom is 0.318 e. The fraction of sp³-hybridized carbons (Fsp3) is 0.500. The molecule has 0 aromatic rings. The monoisotopic (exact) mass is 328 g/mol. The predicted molar refractivity (Wildman–Crippen MR) is 68.9 cm³/mol. The fourth-order valence-corrected chi connectivity index (χ4v) is 2.95. The van der Waals surface area contributed by atoms with Crippen LogP contribution in [0, 0.1) is 0 Å². The minimum atomic E-state index is -1.26. The normalized spacial score (nSPS) is 10.7. The van der Waals surface area contributed by atoms with Gasteiger partial charge in [-0.15, -0.1) is 0 Å². The third-order valence-corrected chi connectivity index (χ3v) is 3.96. The Labute approximate surface area is 121 Å². The van der Waals surface area contributed by atoms with Crippen LogP contribution >= 0.6 is 22.0 Å². The molecule has 0 heterocycles. The first-order valence-electron chi connectivity index (χ1n) is 4.92. The second kappa shape index (κ2) is 9.41. The summed E-state index contributed by atoms with van der Waals surface area (Å²) in [5, 5.41) is 34.4. The van der Waals surface area contributed by atoms with E-state index in [4.69, 9.17) is 20.4 Å². The van der Waals surface area contributed by atoms with Gasteiger partial charge < -0.3 is 20.4 Å². The van der Waals surface area contributed by atoms with Gasteiger partial charge in [-0.1, -0.05) is 0 Å². The van der Waals surface area contributed by atoms with Crippen molar-refractivity contribution >= 4 is 45.8 Å². The van der Waals surface area contributed by atoms with Gasteiger partial charge in [0.25, 0.3) is 0 Å². The fourth-order valence-electron chi connectivity index (χ4n) is 0.915. The second-order valence-corrected chi connectivity index (χ2v) is 5.55. The van der Waals surface area contributed by atoms with Crippen LogP contribution in [0.15, 0.2) is 0 Å². The third-order valence-electron chi connectivity index (χ3n) is 1.49. The molecule has 0 aromatic carbocycles. The SMILES string of the molecule is O=C(O)CN(CC(=O)O)SSN(CC(=O)O)CC(=O)O. The molecule has 0 aliphatic carbocycles. The number of carboxylic acid groups (broad SMARTS) is 4. The van der Waals surface area contributed by atoms with Gasteiger partial charge in [0.2, 0.25) is 0 Å². The highest BCUT2D eigenvalue weighted by atomic mass is 33.1. The molecule has 0 aliphatic rings. The first-order valence-corrected chi connectivity index (χ1v) is 6.99. The third kappa shape index (κ3) is 10.4. The summed E-state index contributed by atoms with van der Waals surface area (Å²) in [6, 6.07) is 0. The van der Waals surface area contributed by atoms with Gasteiger partial charge in [-0.25, -0.2) is 8.61 Å². The van der Waals surface area contributed by atoms with E-state index in [0.29, 0.717) is 22.0 Å². The molecular formula is C8H12N2O8S2. The summed E-state index contributed by atoms with van der Waals surface area (Å²) in [5.41, 5.74) is 0. The summed E-state index contributed by atoms with van der Waals surface area (Å²) in [5.74, 6) is -5.05. The van der Waals surface area contributed by atoms with Gasteiger partial charge in [-0.3, -0.25) is 19.2 Å². The Morgan fingerprint density at radius 1 is 0.600 bits per heavy atom. The van der Waals surface area contributed by atoms with Gasteiger partial charge in [0.05, 0.1) is 0 Å². The van der Waals surface area contributed by atoms with Crippen molar-refractivity contribution in [3.05, 3.63) is 0 Å². The zero-order valence-corrected chi connectivity index (χ0v) is 11.6. The summed E-state index contributed by atoms with van der Waals surface area (Å²) in [6.07, 6.45) is 0. The highest BCUT2D eigenvalue weighted by Crippen LogP contribution is 2.29. The lowest BCUT2D eigenvalue weighted by atomic mass is 10.6. The van der Waals surface area contributed by atoms with Crippen LogP contribution in [0.1, 0.15) is 0 Å². The van der Waals surface area contributed by atoms with Crippen LogP contribution in [-0.4, -0.2) is 79.1 Å². The molecule has 0 aromatic heterocycles. The van der Waals surface area contributed by atoms with Gasteiger partial charge in [-0.2, -0.15) is 0 Å². The van der Waals surface area contributed by atoms with Crippen molar-refractivity contribution < 1.29 is 39.6 Å². The Bertz CT molecular complexity index is 323. The Kier molecular flexibility index (Phi) is 8.71. The Morgan fingerprint density at radius 2 is 0.800 bits per heavy atom. The smallest absolute Gasteiger partial charge is 0.318 e. The zero-order valence-electron chi connectivity index (χ0n) is 9.96. The Hall–Kier alpha value is -1.50. The molecule has 0 radical (unpaired) electrons. The maximum absolute atomic E-state index is 10.5. The summed E-state index contributed by atoms with van der Waals surface area (Å²) in [7, 11) is 1.32. The van der Waals surface area contributed by atoms with E-state index in [2.05, 4.69) is 0 Å². The van der Waals surface area contributed by atoms with Gasteiger partial charge in [0, 0.05) is 22.0 Å². The largest absolute Gasteiger partial charge is 0.480 e. The highest BCUT2D eigenvalue weighted by Gasteiger charge is 2.19. The van der Waals surface area contributed by atoms with Crippen molar-refractivity contribution in [2.45, 2.75) is 0 Å². The molecule has 4 N–H and O–H groups in total. The van der Waals surface area contributed by atoms with Gasteiger partial charge in [0.15, 0.2) is 0 Å². The Morgan fingerprint density at radius 3 is 0.950 bits per heavy atom. The van der Waals surface area contributed by atoms with Gasteiger partial charge in [-0.05, 0) is 0 Å². The van der Waals surface area contributed by atoms with Crippen LogP contribution < -0.4 is 0 Å². The van der Waals surface area contributed by atoms with E-state index in [1.165, 1.54) is 0 Å². The Balaban J connectivity index is 4.49. The highest BCUT2D eigenvalue weighted by molar-refractivity contribution is 8.74. The van der Waals surface area contributed by atoms with Crippen LogP contribution in [0.3, 0.4) is 0 Å². The van der Waals surface area contributed by atoms with Crippen LogP contribution in [-0.2, 0) is 19.2 Å². The number of nitrogens with zero attached hydrogens (tertiary/aromatic N) is 2. The molecule has 10 nitrogen and oxygen atoms in total. The first-order chi connectivity index (χ1) is 9.20. The molecule has 0 amide bonds. The van der Waals surface area contributed by atoms with E-state index < -0.39 is 50.1 Å². The number of hydrogen-bond donors (Lipinski definition) is 4. The number of carboxylic acids is 4. The molecule has 114 valence electrons. The molecule has 0 aliphatic heterocycles. The quantitative estimate of drug-likeness (QED) is 0.275. The lowest BCUT2D eigenvalue weighted by Gasteiger charge is -2.20. The average molecular weight is 328 g/mol. The summed E-state index contributed by atoms with van der Waals surface area (Å²) >= 11 is 0. The van der Waals surface area contributed by atoms with Crippen molar-refractivity contribution in [3.63, 3.8) is 0 Å². The first kappa shape index (κ1) is 18.5. The van der Waals surface area contributed by atoms with E-state index in [0.717, 1.165) is 8.61 Å². The lowest BCUT2D eigenvalue weighted by molar-refractivity contribution is -0.141. The van der Waals surface area contributed by atoms with Crippen molar-refractivity contribution in [1.82, 2.24) is 8.61 Å². The number of aliphatic carboxylic acids is 4. The standard InChI is InChI=1S/C8H12N2O8S2/c11-5(12)1-9(2-6(13)14)19-20-10(3-7(15)16)4-8(17)18/h1-4H2,(H,11,12)(H,13,14)(H,15,16)(H,17,18). The van der Waals surface area contributed by atoms with Crippen molar-refractivity contribution in [2.24, 2.45) is 0 Å². The number of rotatable bonds is 11. The summed E-state index contributed by atoms with van der Waals surface area (Å²) in [6.45, 7) is -2.34. The van der Waals surface area contributed by atoms with Crippen molar-refractivity contribution in [2.75, 3.05) is 26.2 Å². The van der Waals surface area contributed by atoms with Crippen LogP contribution in [0.5, 0.6) is 0 Å². The van der Waals surface area contributed by atoms with E-state index in [-0.39, 0.29) is 0 Å². The number of hydrogen-bond acceptors (Lipinski definition) is 8.